The summed E-state index contributed by atoms with van der Waals surface area (Å²) in [5.74, 6) is 0.797. The lowest BCUT2D eigenvalue weighted by Gasteiger charge is -2.06. The van der Waals surface area contributed by atoms with Crippen LogP contribution in [0, 0.1) is 18.3 Å². The molecule has 1 heterocycles. The number of rotatable bonds is 3. The molecule has 0 aliphatic rings. The molecule has 1 aromatic heterocycles. The largest absolute Gasteiger partial charge is 0.366 e. The summed E-state index contributed by atoms with van der Waals surface area (Å²) in [4.78, 5) is 4.19. The molecule has 0 bridgehead atoms. The second kappa shape index (κ2) is 5.13. The van der Waals surface area contributed by atoms with Crippen LogP contribution in [0.15, 0.2) is 42.6 Å². The van der Waals surface area contributed by atoms with Crippen molar-refractivity contribution in [2.24, 2.45) is 0 Å². The maximum atomic E-state index is 8.81. The average Bonchev–Trinajstić information content (AvgIpc) is 2.38. The van der Waals surface area contributed by atoms with Crippen molar-refractivity contribution in [3.8, 4) is 6.07 Å². The van der Waals surface area contributed by atoms with Crippen molar-refractivity contribution < 1.29 is 0 Å². The molecule has 2 rings (SSSR count). The van der Waals surface area contributed by atoms with Crippen molar-refractivity contribution in [2.75, 3.05) is 5.32 Å². The van der Waals surface area contributed by atoms with Crippen molar-refractivity contribution in [3.63, 3.8) is 0 Å². The topological polar surface area (TPSA) is 48.7 Å². The monoisotopic (exact) mass is 223 g/mol. The van der Waals surface area contributed by atoms with E-state index < -0.39 is 0 Å². The number of nitrogens with zero attached hydrogens (tertiary/aromatic N) is 2. The van der Waals surface area contributed by atoms with Crippen LogP contribution >= 0.6 is 0 Å². The van der Waals surface area contributed by atoms with Crippen LogP contribution in [0.25, 0.3) is 0 Å². The SMILES string of the molecule is Cc1cc(NCc2ccccc2)ncc1C#N. The molecule has 0 saturated carbocycles. The Morgan fingerprint density at radius 2 is 2.06 bits per heavy atom. The predicted molar refractivity (Wildman–Crippen MR) is 67.5 cm³/mol. The zero-order valence-corrected chi connectivity index (χ0v) is 9.64. The van der Waals surface area contributed by atoms with Crippen LogP contribution in [0.1, 0.15) is 16.7 Å². The van der Waals surface area contributed by atoms with Crippen molar-refractivity contribution in [3.05, 3.63) is 59.3 Å². The summed E-state index contributed by atoms with van der Waals surface area (Å²) in [6, 6.07) is 14.1. The van der Waals surface area contributed by atoms with Crippen LogP contribution < -0.4 is 5.32 Å². The molecule has 0 fully saturated rings. The molecular formula is C14H13N3. The Bertz CT molecular complexity index is 541. The zero-order valence-electron chi connectivity index (χ0n) is 9.64. The molecule has 0 amide bonds. The maximum Gasteiger partial charge on any atom is 0.126 e. The van der Waals surface area contributed by atoms with Gasteiger partial charge < -0.3 is 5.32 Å². The first-order chi connectivity index (χ1) is 8.29. The van der Waals surface area contributed by atoms with E-state index in [1.807, 2.05) is 31.2 Å². The lowest BCUT2D eigenvalue weighted by Crippen LogP contribution is -2.01. The van der Waals surface area contributed by atoms with Crippen LogP contribution in [-0.2, 0) is 6.54 Å². The molecule has 0 radical (unpaired) electrons. The summed E-state index contributed by atoms with van der Waals surface area (Å²) in [6.07, 6.45) is 1.60. The minimum atomic E-state index is 0.621. The highest BCUT2D eigenvalue weighted by Crippen LogP contribution is 2.11. The van der Waals surface area contributed by atoms with Gasteiger partial charge in [-0.3, -0.25) is 0 Å². The molecule has 0 unspecified atom stereocenters. The first kappa shape index (κ1) is 11.2. The van der Waals surface area contributed by atoms with E-state index in [2.05, 4.69) is 28.5 Å². The third-order valence-corrected chi connectivity index (χ3v) is 2.55. The molecule has 3 nitrogen and oxygen atoms in total. The van der Waals surface area contributed by atoms with Crippen LogP contribution in [0.2, 0.25) is 0 Å². The minimum Gasteiger partial charge on any atom is -0.366 e. The summed E-state index contributed by atoms with van der Waals surface area (Å²) in [7, 11) is 0. The Hall–Kier alpha value is -2.34. The fraction of sp³-hybridized carbons (Fsp3) is 0.143. The fourth-order valence-corrected chi connectivity index (χ4v) is 1.56. The van der Waals surface area contributed by atoms with Gasteiger partial charge >= 0.3 is 0 Å². The van der Waals surface area contributed by atoms with E-state index >= 15 is 0 Å². The Balaban J connectivity index is 2.06. The molecule has 2 aromatic rings. The van der Waals surface area contributed by atoms with Gasteiger partial charge in [-0.15, -0.1) is 0 Å². The van der Waals surface area contributed by atoms with Crippen LogP contribution in [0.3, 0.4) is 0 Å². The smallest absolute Gasteiger partial charge is 0.126 e. The number of aryl methyl sites for hydroxylation is 1. The second-order valence-corrected chi connectivity index (χ2v) is 3.84. The number of nitrogens with one attached hydrogen (secondary N) is 1. The average molecular weight is 223 g/mol. The van der Waals surface area contributed by atoms with Crippen LogP contribution in [-0.4, -0.2) is 4.98 Å². The lowest BCUT2D eigenvalue weighted by atomic mass is 10.2. The van der Waals surface area contributed by atoms with Gasteiger partial charge in [0, 0.05) is 12.7 Å². The van der Waals surface area contributed by atoms with Gasteiger partial charge in [-0.25, -0.2) is 4.98 Å². The molecule has 17 heavy (non-hydrogen) atoms. The van der Waals surface area contributed by atoms with Gasteiger partial charge in [-0.05, 0) is 24.1 Å². The lowest BCUT2D eigenvalue weighted by molar-refractivity contribution is 1.10. The van der Waals surface area contributed by atoms with Gasteiger partial charge in [0.2, 0.25) is 0 Å². The van der Waals surface area contributed by atoms with Crippen molar-refractivity contribution in [1.29, 1.82) is 5.26 Å². The molecule has 1 aromatic carbocycles. The van der Waals surface area contributed by atoms with Crippen LogP contribution in [0.5, 0.6) is 0 Å². The Kier molecular flexibility index (Phi) is 3.37. The van der Waals surface area contributed by atoms with E-state index in [1.165, 1.54) is 5.56 Å². The fourth-order valence-electron chi connectivity index (χ4n) is 1.56. The molecule has 0 spiro atoms. The zero-order chi connectivity index (χ0) is 12.1. The number of aromatic nitrogens is 1. The highest BCUT2D eigenvalue weighted by molar-refractivity contribution is 5.45. The molecule has 0 aliphatic heterocycles. The molecule has 1 N–H and O–H groups in total. The normalized spacial score (nSPS) is 9.65. The molecular weight excluding hydrogens is 210 g/mol. The van der Waals surface area contributed by atoms with E-state index in [0.29, 0.717) is 5.56 Å². The number of anilines is 1. The summed E-state index contributed by atoms with van der Waals surface area (Å²) < 4.78 is 0. The first-order valence-corrected chi connectivity index (χ1v) is 5.44. The quantitative estimate of drug-likeness (QED) is 0.870. The van der Waals surface area contributed by atoms with Gasteiger partial charge in [0.25, 0.3) is 0 Å². The number of nitriles is 1. The summed E-state index contributed by atoms with van der Waals surface area (Å²) in [5.41, 5.74) is 2.77. The number of benzene rings is 1. The highest BCUT2D eigenvalue weighted by Gasteiger charge is 2.00. The van der Waals surface area contributed by atoms with Gasteiger partial charge in [-0.1, -0.05) is 30.3 Å². The Morgan fingerprint density at radius 1 is 1.29 bits per heavy atom. The van der Waals surface area contributed by atoms with Crippen LogP contribution in [0.4, 0.5) is 5.82 Å². The molecule has 0 atom stereocenters. The van der Waals surface area contributed by atoms with Gasteiger partial charge in [0.15, 0.2) is 0 Å². The summed E-state index contributed by atoms with van der Waals surface area (Å²) >= 11 is 0. The highest BCUT2D eigenvalue weighted by atomic mass is 15.0. The second-order valence-electron chi connectivity index (χ2n) is 3.84. The Morgan fingerprint density at radius 3 is 2.71 bits per heavy atom. The number of hydrogen-bond donors (Lipinski definition) is 1. The van der Waals surface area contributed by atoms with E-state index in [9.17, 15) is 0 Å². The molecule has 0 aliphatic carbocycles. The maximum absolute atomic E-state index is 8.81. The van der Waals surface area contributed by atoms with Crippen molar-refractivity contribution in [2.45, 2.75) is 13.5 Å². The van der Waals surface area contributed by atoms with Crippen molar-refractivity contribution >= 4 is 5.82 Å². The standard InChI is InChI=1S/C14H13N3/c1-11-7-14(17-10-13(11)8-15)16-9-12-5-3-2-4-6-12/h2-7,10H,9H2,1H3,(H,16,17). The number of pyridine rings is 1. The summed E-state index contributed by atoms with van der Waals surface area (Å²) in [6.45, 7) is 2.65. The molecule has 3 heteroatoms. The third kappa shape index (κ3) is 2.82. The van der Waals surface area contributed by atoms with E-state index in [1.54, 1.807) is 6.20 Å². The Labute approximate surface area is 101 Å². The first-order valence-electron chi connectivity index (χ1n) is 5.44. The molecule has 0 saturated heterocycles. The third-order valence-electron chi connectivity index (χ3n) is 2.55. The van der Waals surface area contributed by atoms with E-state index in [0.717, 1.165) is 17.9 Å². The van der Waals surface area contributed by atoms with Crippen molar-refractivity contribution in [1.82, 2.24) is 4.98 Å². The van der Waals surface area contributed by atoms with Gasteiger partial charge in [0.05, 0.1) is 5.56 Å². The van der Waals surface area contributed by atoms with E-state index in [-0.39, 0.29) is 0 Å². The predicted octanol–water partition coefficient (Wildman–Crippen LogP) is 2.87. The minimum absolute atomic E-state index is 0.621. The van der Waals surface area contributed by atoms with E-state index in [4.69, 9.17) is 5.26 Å². The molecule has 84 valence electrons. The summed E-state index contributed by atoms with van der Waals surface area (Å²) in [5, 5.41) is 12.0. The number of hydrogen-bond acceptors (Lipinski definition) is 3. The van der Waals surface area contributed by atoms with Gasteiger partial charge in [-0.2, -0.15) is 5.26 Å². The van der Waals surface area contributed by atoms with Gasteiger partial charge in [0.1, 0.15) is 11.9 Å².